The van der Waals surface area contributed by atoms with Crippen molar-refractivity contribution in [3.63, 3.8) is 0 Å². The smallest absolute Gasteiger partial charge is 0.307 e. The molecule has 0 unspecified atom stereocenters. The molecule has 0 atom stereocenters. The number of carboxylic acid groups (broad SMARTS) is 1. The van der Waals surface area contributed by atoms with E-state index in [0.29, 0.717) is 11.6 Å². The molecule has 0 aliphatic carbocycles. The summed E-state index contributed by atoms with van der Waals surface area (Å²) in [6.45, 7) is 2.61. The van der Waals surface area contributed by atoms with Crippen molar-refractivity contribution in [3.8, 4) is 16.9 Å². The van der Waals surface area contributed by atoms with Crippen molar-refractivity contribution in [1.29, 1.82) is 0 Å². The quantitative estimate of drug-likeness (QED) is 0.485. The Balaban J connectivity index is 1.94. The number of aromatic nitrogens is 1. The van der Waals surface area contributed by atoms with Gasteiger partial charge < -0.3 is 9.84 Å². The number of pyridine rings is 1. The van der Waals surface area contributed by atoms with Crippen molar-refractivity contribution < 1.29 is 14.6 Å². The van der Waals surface area contributed by atoms with Crippen molar-refractivity contribution in [2.75, 3.05) is 6.61 Å². The van der Waals surface area contributed by atoms with Crippen LogP contribution in [0.2, 0.25) is 5.02 Å². The Morgan fingerprint density at radius 1 is 1.21 bits per heavy atom. The van der Waals surface area contributed by atoms with E-state index in [1.54, 1.807) is 0 Å². The number of fused-ring (bicyclic) bond motifs is 1. The molecule has 1 aliphatic rings. The SMILES string of the molecule is Cc1cc2ccc(Cl)cc2c(-c2ccc3c4c(ccnc24)CCO3)c1CC(=O)O. The van der Waals surface area contributed by atoms with Crippen LogP contribution < -0.4 is 4.74 Å². The van der Waals surface area contributed by atoms with Crippen molar-refractivity contribution in [2.24, 2.45) is 0 Å². The van der Waals surface area contributed by atoms with Gasteiger partial charge in [0.05, 0.1) is 18.5 Å². The third-order valence-electron chi connectivity index (χ3n) is 5.60. The Bertz CT molecular complexity index is 1300. The average Bonchev–Trinajstić information content (AvgIpc) is 2.70. The predicted molar refractivity (Wildman–Crippen MR) is 115 cm³/mol. The number of rotatable bonds is 3. The predicted octanol–water partition coefficient (Wildman–Crippen LogP) is 5.58. The van der Waals surface area contributed by atoms with E-state index in [-0.39, 0.29) is 6.42 Å². The number of halogens is 1. The Hall–Kier alpha value is -3.11. The molecule has 5 rings (SSSR count). The third kappa shape index (κ3) is 2.91. The fourth-order valence-electron chi connectivity index (χ4n) is 4.34. The van der Waals surface area contributed by atoms with Gasteiger partial charge in [-0.25, -0.2) is 0 Å². The van der Waals surface area contributed by atoms with E-state index in [2.05, 4.69) is 4.98 Å². The number of aryl methyl sites for hydroxylation is 1. The van der Waals surface area contributed by atoms with E-state index in [0.717, 1.165) is 56.1 Å². The van der Waals surface area contributed by atoms with Crippen LogP contribution >= 0.6 is 11.6 Å². The van der Waals surface area contributed by atoms with Crippen molar-refractivity contribution in [3.05, 3.63) is 70.4 Å². The van der Waals surface area contributed by atoms with Crippen LogP contribution in [-0.4, -0.2) is 22.7 Å². The molecule has 0 saturated heterocycles. The minimum atomic E-state index is -0.866. The molecule has 0 amide bonds. The molecule has 0 radical (unpaired) electrons. The van der Waals surface area contributed by atoms with Gasteiger partial charge in [0.2, 0.25) is 0 Å². The van der Waals surface area contributed by atoms with Gasteiger partial charge in [-0.15, -0.1) is 0 Å². The normalized spacial score (nSPS) is 12.9. The molecule has 0 fully saturated rings. The minimum absolute atomic E-state index is 0.0664. The van der Waals surface area contributed by atoms with Gasteiger partial charge in [-0.1, -0.05) is 23.7 Å². The summed E-state index contributed by atoms with van der Waals surface area (Å²) < 4.78 is 5.86. The van der Waals surface area contributed by atoms with E-state index >= 15 is 0 Å². The van der Waals surface area contributed by atoms with Crippen LogP contribution in [0.5, 0.6) is 5.75 Å². The maximum absolute atomic E-state index is 11.7. The molecule has 3 aromatic carbocycles. The van der Waals surface area contributed by atoms with Crippen LogP contribution in [-0.2, 0) is 17.6 Å². The zero-order chi connectivity index (χ0) is 20.1. The fraction of sp³-hybridized carbons (Fsp3) is 0.167. The van der Waals surface area contributed by atoms with Gasteiger partial charge in [-0.2, -0.15) is 0 Å². The molecular formula is C24H18ClNO3. The Kier molecular flexibility index (Phi) is 4.18. The first-order chi connectivity index (χ1) is 14.0. The highest BCUT2D eigenvalue weighted by Crippen LogP contribution is 2.42. The molecular weight excluding hydrogens is 386 g/mol. The summed E-state index contributed by atoms with van der Waals surface area (Å²) in [7, 11) is 0. The van der Waals surface area contributed by atoms with E-state index < -0.39 is 5.97 Å². The first-order valence-corrected chi connectivity index (χ1v) is 9.88. The lowest BCUT2D eigenvalue weighted by Gasteiger charge is -2.21. The summed E-state index contributed by atoms with van der Waals surface area (Å²) in [5, 5.41) is 13.1. The molecule has 0 spiro atoms. The average molecular weight is 404 g/mol. The van der Waals surface area contributed by atoms with Crippen LogP contribution in [0.1, 0.15) is 16.7 Å². The highest BCUT2D eigenvalue weighted by molar-refractivity contribution is 6.31. The summed E-state index contributed by atoms with van der Waals surface area (Å²) in [6.07, 6.45) is 2.58. The maximum atomic E-state index is 11.7. The number of carboxylic acids is 1. The number of nitrogens with zero attached hydrogens (tertiary/aromatic N) is 1. The van der Waals surface area contributed by atoms with E-state index in [9.17, 15) is 9.90 Å². The molecule has 0 bridgehead atoms. The maximum Gasteiger partial charge on any atom is 0.307 e. The lowest BCUT2D eigenvalue weighted by molar-refractivity contribution is -0.136. The Morgan fingerprint density at radius 3 is 2.90 bits per heavy atom. The molecule has 2 heterocycles. The summed E-state index contributed by atoms with van der Waals surface area (Å²) in [4.78, 5) is 16.4. The van der Waals surface area contributed by atoms with Crippen LogP contribution in [0.15, 0.2) is 48.7 Å². The highest BCUT2D eigenvalue weighted by Gasteiger charge is 2.22. The fourth-order valence-corrected chi connectivity index (χ4v) is 4.51. The molecule has 1 aliphatic heterocycles. The lowest BCUT2D eigenvalue weighted by atomic mass is 9.87. The van der Waals surface area contributed by atoms with Gasteiger partial charge in [0, 0.05) is 28.6 Å². The largest absolute Gasteiger partial charge is 0.493 e. The monoisotopic (exact) mass is 403 g/mol. The second kappa shape index (κ2) is 6.75. The van der Waals surface area contributed by atoms with Crippen molar-refractivity contribution in [2.45, 2.75) is 19.8 Å². The molecule has 1 N–H and O–H groups in total. The second-order valence-electron chi connectivity index (χ2n) is 7.39. The summed E-state index contributed by atoms with van der Waals surface area (Å²) in [5.41, 5.74) is 5.54. The number of ether oxygens (including phenoxy) is 1. The Labute approximate surface area is 172 Å². The van der Waals surface area contributed by atoms with Gasteiger partial charge >= 0.3 is 5.97 Å². The van der Waals surface area contributed by atoms with Crippen molar-refractivity contribution >= 4 is 39.2 Å². The minimum Gasteiger partial charge on any atom is -0.493 e. The van der Waals surface area contributed by atoms with Crippen LogP contribution in [0.25, 0.3) is 32.8 Å². The number of hydrogen-bond acceptors (Lipinski definition) is 3. The Morgan fingerprint density at radius 2 is 2.07 bits per heavy atom. The highest BCUT2D eigenvalue weighted by atomic mass is 35.5. The van der Waals surface area contributed by atoms with Gasteiger partial charge in [-0.3, -0.25) is 9.78 Å². The third-order valence-corrected chi connectivity index (χ3v) is 5.84. The summed E-state index contributed by atoms with van der Waals surface area (Å²) in [6, 6.07) is 13.7. The number of benzene rings is 3. The van der Waals surface area contributed by atoms with Gasteiger partial charge in [0.1, 0.15) is 5.75 Å². The summed E-state index contributed by atoms with van der Waals surface area (Å²) in [5.74, 6) is -0.0392. The van der Waals surface area contributed by atoms with E-state index in [4.69, 9.17) is 16.3 Å². The molecule has 144 valence electrons. The van der Waals surface area contributed by atoms with E-state index in [1.807, 2.05) is 55.6 Å². The molecule has 4 aromatic rings. The zero-order valence-corrected chi connectivity index (χ0v) is 16.6. The number of hydrogen-bond donors (Lipinski definition) is 1. The lowest BCUT2D eigenvalue weighted by Crippen LogP contribution is -2.10. The summed E-state index contributed by atoms with van der Waals surface area (Å²) >= 11 is 6.32. The van der Waals surface area contributed by atoms with Gasteiger partial charge in [0.15, 0.2) is 0 Å². The molecule has 1 aromatic heterocycles. The topological polar surface area (TPSA) is 59.4 Å². The van der Waals surface area contributed by atoms with Crippen LogP contribution in [0.4, 0.5) is 0 Å². The molecule has 0 saturated carbocycles. The van der Waals surface area contributed by atoms with Gasteiger partial charge in [0.25, 0.3) is 0 Å². The molecule has 5 heteroatoms. The van der Waals surface area contributed by atoms with Crippen LogP contribution in [0, 0.1) is 6.92 Å². The van der Waals surface area contributed by atoms with E-state index in [1.165, 1.54) is 5.56 Å². The molecule has 29 heavy (non-hydrogen) atoms. The first-order valence-electron chi connectivity index (χ1n) is 9.50. The zero-order valence-electron chi connectivity index (χ0n) is 15.8. The number of aliphatic carboxylic acids is 1. The van der Waals surface area contributed by atoms with Gasteiger partial charge in [-0.05, 0) is 70.3 Å². The van der Waals surface area contributed by atoms with Crippen molar-refractivity contribution in [1.82, 2.24) is 4.98 Å². The molecule has 4 nitrogen and oxygen atoms in total. The number of carbonyl (C=O) groups is 1. The van der Waals surface area contributed by atoms with Crippen LogP contribution in [0.3, 0.4) is 0 Å². The standard InChI is InChI=1S/C24H18ClNO3/c1-13-10-15-2-3-16(25)11-19(15)23(18(13)12-21(27)28)17-4-5-20-22-14(7-9-29-20)6-8-26-24(17)22/h2-6,8,10-11H,7,9,12H2,1H3,(H,27,28). The first kappa shape index (κ1) is 18.0. The second-order valence-corrected chi connectivity index (χ2v) is 7.82.